The molecule has 0 amide bonds. The number of aryl methyl sites for hydroxylation is 1. The van der Waals surface area contributed by atoms with Crippen LogP contribution in [0.4, 0.5) is 0 Å². The van der Waals surface area contributed by atoms with Crippen molar-refractivity contribution in [3.8, 4) is 0 Å². The summed E-state index contributed by atoms with van der Waals surface area (Å²) < 4.78 is 0. The molecule has 0 aliphatic carbocycles. The zero-order valence-corrected chi connectivity index (χ0v) is 8.53. The average molecular weight is 181 g/mol. The summed E-state index contributed by atoms with van der Waals surface area (Å²) in [5, 5.41) is 0. The quantitative estimate of drug-likeness (QED) is 0.644. The summed E-state index contributed by atoms with van der Waals surface area (Å²) in [6, 6.07) is 5.22. The number of rotatable bonds is 1. The molecule has 12 heavy (non-hydrogen) atoms. The van der Waals surface area contributed by atoms with Gasteiger partial charge in [-0.3, -0.25) is 4.90 Å². The molecule has 2 heteroatoms. The minimum atomic E-state index is 0.712. The second-order valence-corrected chi connectivity index (χ2v) is 4.91. The van der Waals surface area contributed by atoms with Crippen LogP contribution in [0.1, 0.15) is 28.6 Å². The monoisotopic (exact) mass is 181 g/mol. The first-order valence-corrected chi connectivity index (χ1v) is 5.35. The molecule has 1 unspecified atom stereocenters. The van der Waals surface area contributed by atoms with Crippen molar-refractivity contribution in [2.45, 2.75) is 25.8 Å². The minimum Gasteiger partial charge on any atom is -0.299 e. The van der Waals surface area contributed by atoms with Crippen molar-refractivity contribution < 1.29 is 0 Å². The molecule has 0 saturated carbocycles. The highest BCUT2D eigenvalue weighted by Gasteiger charge is 2.23. The van der Waals surface area contributed by atoms with Gasteiger partial charge in [0.2, 0.25) is 0 Å². The summed E-state index contributed by atoms with van der Waals surface area (Å²) in [5.41, 5.74) is 0. The van der Waals surface area contributed by atoms with Crippen LogP contribution in [-0.2, 0) is 0 Å². The van der Waals surface area contributed by atoms with Gasteiger partial charge in [-0.15, -0.1) is 11.3 Å². The van der Waals surface area contributed by atoms with Crippen LogP contribution in [0, 0.1) is 6.92 Å². The van der Waals surface area contributed by atoms with Crippen LogP contribution in [0.2, 0.25) is 0 Å². The molecule has 0 spiro atoms. The molecule has 1 aromatic rings. The Hall–Kier alpha value is -0.340. The van der Waals surface area contributed by atoms with Crippen molar-refractivity contribution in [1.29, 1.82) is 0 Å². The molecular weight excluding hydrogens is 166 g/mol. The van der Waals surface area contributed by atoms with E-state index in [-0.39, 0.29) is 0 Å². The van der Waals surface area contributed by atoms with E-state index in [9.17, 15) is 0 Å². The van der Waals surface area contributed by atoms with Crippen molar-refractivity contribution >= 4 is 11.3 Å². The number of thiophene rings is 1. The van der Waals surface area contributed by atoms with E-state index >= 15 is 0 Å². The van der Waals surface area contributed by atoms with Gasteiger partial charge < -0.3 is 0 Å². The zero-order valence-electron chi connectivity index (χ0n) is 7.71. The summed E-state index contributed by atoms with van der Waals surface area (Å²) in [5.74, 6) is 0. The summed E-state index contributed by atoms with van der Waals surface area (Å²) in [6.07, 6.45) is 2.70. The van der Waals surface area contributed by atoms with E-state index in [1.54, 1.807) is 4.88 Å². The van der Waals surface area contributed by atoms with E-state index in [4.69, 9.17) is 0 Å². The van der Waals surface area contributed by atoms with Crippen LogP contribution >= 0.6 is 11.3 Å². The highest BCUT2D eigenvalue weighted by Crippen LogP contribution is 2.34. The summed E-state index contributed by atoms with van der Waals surface area (Å²) in [4.78, 5) is 5.45. The van der Waals surface area contributed by atoms with Crippen LogP contribution in [0.3, 0.4) is 0 Å². The van der Waals surface area contributed by atoms with E-state index in [1.165, 1.54) is 24.3 Å². The SMILES string of the molecule is Cc1ccc(C2CCCN2C)s1. The molecule has 1 fully saturated rings. The molecule has 1 saturated heterocycles. The second kappa shape index (κ2) is 3.19. The predicted molar refractivity (Wildman–Crippen MR) is 53.7 cm³/mol. The average Bonchev–Trinajstić information content (AvgIpc) is 2.58. The van der Waals surface area contributed by atoms with Gasteiger partial charge in [0.25, 0.3) is 0 Å². The van der Waals surface area contributed by atoms with Gasteiger partial charge in [-0.25, -0.2) is 0 Å². The van der Waals surface area contributed by atoms with Crippen LogP contribution in [0.5, 0.6) is 0 Å². The summed E-state index contributed by atoms with van der Waals surface area (Å²) >= 11 is 1.95. The Morgan fingerprint density at radius 1 is 1.50 bits per heavy atom. The number of likely N-dealkylation sites (tertiary alicyclic amines) is 1. The lowest BCUT2D eigenvalue weighted by molar-refractivity contribution is 0.321. The van der Waals surface area contributed by atoms with Gasteiger partial charge in [0.05, 0.1) is 0 Å². The first-order valence-electron chi connectivity index (χ1n) is 4.54. The van der Waals surface area contributed by atoms with Gasteiger partial charge in [-0.05, 0) is 45.5 Å². The molecule has 66 valence electrons. The fourth-order valence-electron chi connectivity index (χ4n) is 1.90. The molecule has 2 heterocycles. The van der Waals surface area contributed by atoms with E-state index in [1.807, 2.05) is 11.3 Å². The van der Waals surface area contributed by atoms with Gasteiger partial charge in [0, 0.05) is 15.8 Å². The molecular formula is C10H15NS. The first kappa shape index (κ1) is 8.27. The van der Waals surface area contributed by atoms with E-state index in [0.29, 0.717) is 6.04 Å². The van der Waals surface area contributed by atoms with E-state index in [2.05, 4.69) is 31.0 Å². The van der Waals surface area contributed by atoms with E-state index in [0.717, 1.165) is 0 Å². The molecule has 0 bridgehead atoms. The predicted octanol–water partition coefficient (Wildman–Crippen LogP) is 2.82. The number of hydrogen-bond acceptors (Lipinski definition) is 2. The van der Waals surface area contributed by atoms with Gasteiger partial charge in [0.1, 0.15) is 0 Å². The molecule has 1 nitrogen and oxygen atoms in total. The number of hydrogen-bond donors (Lipinski definition) is 0. The van der Waals surface area contributed by atoms with Crippen molar-refractivity contribution in [3.63, 3.8) is 0 Å². The molecule has 2 rings (SSSR count). The van der Waals surface area contributed by atoms with Crippen molar-refractivity contribution in [3.05, 3.63) is 21.9 Å². The van der Waals surface area contributed by atoms with Gasteiger partial charge >= 0.3 is 0 Å². The Morgan fingerprint density at radius 3 is 2.83 bits per heavy atom. The molecule has 1 aliphatic rings. The first-order chi connectivity index (χ1) is 5.77. The number of nitrogens with zero attached hydrogens (tertiary/aromatic N) is 1. The molecule has 0 radical (unpaired) electrons. The normalized spacial score (nSPS) is 25.0. The summed E-state index contributed by atoms with van der Waals surface area (Å²) in [6.45, 7) is 3.45. The fraction of sp³-hybridized carbons (Fsp3) is 0.600. The van der Waals surface area contributed by atoms with Crippen LogP contribution in [0.15, 0.2) is 12.1 Å². The highest BCUT2D eigenvalue weighted by atomic mass is 32.1. The van der Waals surface area contributed by atoms with Crippen LogP contribution in [0.25, 0.3) is 0 Å². The third kappa shape index (κ3) is 1.41. The smallest absolute Gasteiger partial charge is 0.0439 e. The second-order valence-electron chi connectivity index (χ2n) is 3.59. The van der Waals surface area contributed by atoms with Crippen LogP contribution in [-0.4, -0.2) is 18.5 Å². The lowest BCUT2D eigenvalue weighted by Gasteiger charge is -2.17. The molecule has 1 aliphatic heterocycles. The van der Waals surface area contributed by atoms with Crippen molar-refractivity contribution in [2.24, 2.45) is 0 Å². The fourth-order valence-corrected chi connectivity index (χ4v) is 2.98. The standard InChI is InChI=1S/C10H15NS/c1-8-5-6-10(12-8)9-4-3-7-11(9)2/h5-6,9H,3-4,7H2,1-2H3. The Kier molecular flexibility index (Phi) is 2.20. The van der Waals surface area contributed by atoms with Gasteiger partial charge in [0.15, 0.2) is 0 Å². The van der Waals surface area contributed by atoms with E-state index < -0.39 is 0 Å². The van der Waals surface area contributed by atoms with Crippen LogP contribution < -0.4 is 0 Å². The van der Waals surface area contributed by atoms with Crippen molar-refractivity contribution in [1.82, 2.24) is 4.90 Å². The van der Waals surface area contributed by atoms with Crippen molar-refractivity contribution in [2.75, 3.05) is 13.6 Å². The molecule has 1 aromatic heterocycles. The maximum Gasteiger partial charge on any atom is 0.0439 e. The minimum absolute atomic E-state index is 0.712. The van der Waals surface area contributed by atoms with Gasteiger partial charge in [-0.2, -0.15) is 0 Å². The molecule has 1 atom stereocenters. The van der Waals surface area contributed by atoms with Gasteiger partial charge in [-0.1, -0.05) is 0 Å². The topological polar surface area (TPSA) is 3.24 Å². The summed E-state index contributed by atoms with van der Waals surface area (Å²) in [7, 11) is 2.23. The maximum atomic E-state index is 2.46. The maximum absolute atomic E-state index is 2.46. The lowest BCUT2D eigenvalue weighted by Crippen LogP contribution is -2.16. The third-order valence-electron chi connectivity index (χ3n) is 2.61. The largest absolute Gasteiger partial charge is 0.299 e. The zero-order chi connectivity index (χ0) is 8.55. The third-order valence-corrected chi connectivity index (χ3v) is 3.71. The molecule has 0 N–H and O–H groups in total. The lowest BCUT2D eigenvalue weighted by atomic mass is 10.2. The highest BCUT2D eigenvalue weighted by molar-refractivity contribution is 7.12. The molecule has 0 aromatic carbocycles. The Bertz CT molecular complexity index is 267. The Labute approximate surface area is 78.0 Å². The Morgan fingerprint density at radius 2 is 2.33 bits per heavy atom. The Balaban J connectivity index is 2.19.